The Kier molecular flexibility index (Phi) is 5.36. The van der Waals surface area contributed by atoms with E-state index in [1.165, 1.54) is 32.4 Å². The number of anilines is 1. The zero-order valence-corrected chi connectivity index (χ0v) is 16.4. The van der Waals surface area contributed by atoms with Crippen LogP contribution in [0.1, 0.15) is 54.3 Å². The Labute approximate surface area is 171 Å². The number of pyridine rings is 1. The number of amides is 1. The molecule has 1 fully saturated rings. The second kappa shape index (κ2) is 7.97. The van der Waals surface area contributed by atoms with Gasteiger partial charge in [-0.05, 0) is 31.0 Å². The van der Waals surface area contributed by atoms with E-state index in [0.717, 1.165) is 30.4 Å². The van der Waals surface area contributed by atoms with Gasteiger partial charge in [-0.1, -0.05) is 25.3 Å². The van der Waals surface area contributed by atoms with E-state index in [0.29, 0.717) is 23.0 Å². The minimum Gasteiger partial charge on any atom is -0.494 e. The van der Waals surface area contributed by atoms with Crippen molar-refractivity contribution < 1.29 is 22.7 Å². The first-order valence-electron chi connectivity index (χ1n) is 9.77. The molecule has 1 saturated carbocycles. The molecule has 2 heterocycles. The van der Waals surface area contributed by atoms with E-state index in [9.17, 15) is 18.0 Å². The van der Waals surface area contributed by atoms with Crippen molar-refractivity contribution in [1.82, 2.24) is 14.8 Å². The van der Waals surface area contributed by atoms with Crippen LogP contribution < -0.4 is 10.1 Å². The van der Waals surface area contributed by atoms with Crippen LogP contribution in [0.2, 0.25) is 0 Å². The molecular formula is C21H21F3N4O2. The number of hydrogen-bond donors (Lipinski definition) is 1. The number of benzene rings is 1. The summed E-state index contributed by atoms with van der Waals surface area (Å²) in [4.78, 5) is 15.9. The van der Waals surface area contributed by atoms with Crippen molar-refractivity contribution in [2.45, 2.75) is 44.3 Å². The predicted molar refractivity (Wildman–Crippen MR) is 106 cm³/mol. The van der Waals surface area contributed by atoms with Crippen LogP contribution in [0.25, 0.3) is 10.9 Å². The van der Waals surface area contributed by atoms with E-state index in [1.54, 1.807) is 12.1 Å². The number of carbonyl (C=O) groups excluding carboxylic acids is 1. The fourth-order valence-electron chi connectivity index (χ4n) is 3.80. The summed E-state index contributed by atoms with van der Waals surface area (Å²) in [7, 11) is 1.51. The van der Waals surface area contributed by atoms with E-state index in [2.05, 4.69) is 15.4 Å². The van der Waals surface area contributed by atoms with Crippen molar-refractivity contribution in [2.24, 2.45) is 0 Å². The molecule has 0 aliphatic heterocycles. The zero-order valence-electron chi connectivity index (χ0n) is 16.4. The highest BCUT2D eigenvalue weighted by atomic mass is 19.4. The fraction of sp³-hybridized carbons (Fsp3) is 0.381. The van der Waals surface area contributed by atoms with Gasteiger partial charge in [-0.25, -0.2) is 4.98 Å². The normalized spacial score (nSPS) is 15.3. The van der Waals surface area contributed by atoms with Crippen molar-refractivity contribution in [3.63, 3.8) is 0 Å². The van der Waals surface area contributed by atoms with Gasteiger partial charge in [0.15, 0.2) is 0 Å². The first-order chi connectivity index (χ1) is 14.3. The minimum absolute atomic E-state index is 0.318. The van der Waals surface area contributed by atoms with Crippen LogP contribution in [-0.2, 0) is 6.18 Å². The second-order valence-corrected chi connectivity index (χ2v) is 7.38. The quantitative estimate of drug-likeness (QED) is 0.631. The highest BCUT2D eigenvalue weighted by molar-refractivity contribution is 6.04. The molecule has 0 bridgehead atoms. The number of nitrogens with zero attached hydrogens (tertiary/aromatic N) is 3. The number of ether oxygens (including phenoxy) is 1. The molecule has 158 valence electrons. The molecule has 0 atom stereocenters. The smallest absolute Gasteiger partial charge is 0.433 e. The number of hydrogen-bond acceptors (Lipinski definition) is 4. The SMILES string of the molecule is COc1cc(NC(=O)c2cccc(C(F)(F)F)n2)cc2cn(C3CCCCC3)nc12. The van der Waals surface area contributed by atoms with Crippen molar-refractivity contribution in [1.29, 1.82) is 0 Å². The molecule has 0 unspecified atom stereocenters. The molecule has 3 aromatic rings. The van der Waals surface area contributed by atoms with Gasteiger partial charge < -0.3 is 10.1 Å². The Morgan fingerprint density at radius 2 is 1.97 bits per heavy atom. The standard InChI is InChI=1S/C21H21F3N4O2/c1-30-17-11-14(25-20(29)16-8-5-9-18(26-16)21(22,23)24)10-13-12-28(27-19(13)17)15-6-3-2-4-7-15/h5,8-12,15H,2-4,6-7H2,1H3,(H,25,29). The summed E-state index contributed by atoms with van der Waals surface area (Å²) in [6.45, 7) is 0. The number of alkyl halides is 3. The van der Waals surface area contributed by atoms with Gasteiger partial charge >= 0.3 is 6.18 Å². The van der Waals surface area contributed by atoms with Crippen molar-refractivity contribution in [3.05, 3.63) is 47.9 Å². The molecule has 0 saturated heterocycles. The van der Waals surface area contributed by atoms with Crippen LogP contribution in [0.5, 0.6) is 5.75 Å². The Bertz CT molecular complexity index is 1070. The molecule has 1 amide bonds. The summed E-state index contributed by atoms with van der Waals surface area (Å²) in [5.74, 6) is -0.253. The number of methoxy groups -OCH3 is 1. The number of nitrogens with one attached hydrogen (secondary N) is 1. The van der Waals surface area contributed by atoms with E-state index >= 15 is 0 Å². The van der Waals surface area contributed by atoms with Crippen LogP contribution in [0.4, 0.5) is 18.9 Å². The Hall–Kier alpha value is -3.10. The van der Waals surface area contributed by atoms with Crippen LogP contribution in [0, 0.1) is 0 Å². The van der Waals surface area contributed by atoms with Gasteiger partial charge in [-0.2, -0.15) is 18.3 Å². The lowest BCUT2D eigenvalue weighted by Crippen LogP contribution is -2.17. The molecule has 1 aliphatic rings. The number of carbonyl (C=O) groups is 1. The van der Waals surface area contributed by atoms with Gasteiger partial charge in [-0.15, -0.1) is 0 Å². The predicted octanol–water partition coefficient (Wildman–Crippen LogP) is 5.22. The first-order valence-corrected chi connectivity index (χ1v) is 9.77. The summed E-state index contributed by atoms with van der Waals surface area (Å²) in [6, 6.07) is 6.89. The highest BCUT2D eigenvalue weighted by Crippen LogP contribution is 2.33. The third-order valence-electron chi connectivity index (χ3n) is 5.29. The van der Waals surface area contributed by atoms with E-state index in [4.69, 9.17) is 4.74 Å². The van der Waals surface area contributed by atoms with E-state index in [-0.39, 0.29) is 5.69 Å². The maximum absolute atomic E-state index is 12.9. The molecule has 0 radical (unpaired) electrons. The molecule has 6 nitrogen and oxygen atoms in total. The van der Waals surface area contributed by atoms with Gasteiger partial charge in [-0.3, -0.25) is 9.48 Å². The highest BCUT2D eigenvalue weighted by Gasteiger charge is 2.33. The van der Waals surface area contributed by atoms with Gasteiger partial charge in [0.05, 0.1) is 13.2 Å². The maximum atomic E-state index is 12.9. The lowest BCUT2D eigenvalue weighted by molar-refractivity contribution is -0.141. The third kappa shape index (κ3) is 4.10. The van der Waals surface area contributed by atoms with Crippen LogP contribution in [0.15, 0.2) is 36.5 Å². The summed E-state index contributed by atoms with van der Waals surface area (Å²) < 4.78 is 46.0. The molecule has 2 aromatic heterocycles. The Morgan fingerprint density at radius 1 is 1.20 bits per heavy atom. The Balaban J connectivity index is 1.62. The van der Waals surface area contributed by atoms with Crippen molar-refractivity contribution in [3.8, 4) is 5.75 Å². The fourth-order valence-corrected chi connectivity index (χ4v) is 3.80. The minimum atomic E-state index is -4.62. The molecule has 4 rings (SSSR count). The second-order valence-electron chi connectivity index (χ2n) is 7.38. The van der Waals surface area contributed by atoms with Crippen LogP contribution in [-0.4, -0.2) is 27.8 Å². The average Bonchev–Trinajstić information content (AvgIpc) is 3.17. The van der Waals surface area contributed by atoms with Crippen LogP contribution >= 0.6 is 0 Å². The first kappa shape index (κ1) is 20.2. The zero-order chi connectivity index (χ0) is 21.3. The lowest BCUT2D eigenvalue weighted by Gasteiger charge is -2.21. The number of aromatic nitrogens is 3. The molecule has 1 N–H and O–H groups in total. The van der Waals surface area contributed by atoms with Crippen molar-refractivity contribution in [2.75, 3.05) is 12.4 Å². The largest absolute Gasteiger partial charge is 0.494 e. The van der Waals surface area contributed by atoms with Crippen molar-refractivity contribution >= 4 is 22.5 Å². The van der Waals surface area contributed by atoms with Crippen LogP contribution in [0.3, 0.4) is 0 Å². The summed E-state index contributed by atoms with van der Waals surface area (Å²) in [5.41, 5.74) is -0.358. The number of rotatable bonds is 4. The van der Waals surface area contributed by atoms with Gasteiger partial charge in [0, 0.05) is 23.3 Å². The Morgan fingerprint density at radius 3 is 2.67 bits per heavy atom. The third-order valence-corrected chi connectivity index (χ3v) is 5.29. The lowest BCUT2D eigenvalue weighted by atomic mass is 9.96. The monoisotopic (exact) mass is 418 g/mol. The summed E-state index contributed by atoms with van der Waals surface area (Å²) >= 11 is 0. The summed E-state index contributed by atoms with van der Waals surface area (Å²) in [5, 5.41) is 8.06. The van der Waals surface area contributed by atoms with Gasteiger partial charge in [0.25, 0.3) is 5.91 Å². The maximum Gasteiger partial charge on any atom is 0.433 e. The van der Waals surface area contributed by atoms with E-state index < -0.39 is 17.8 Å². The summed E-state index contributed by atoms with van der Waals surface area (Å²) in [6.07, 6.45) is 3.02. The number of fused-ring (bicyclic) bond motifs is 1. The molecule has 1 aromatic carbocycles. The molecule has 30 heavy (non-hydrogen) atoms. The molecular weight excluding hydrogens is 397 g/mol. The number of halogens is 3. The van der Waals surface area contributed by atoms with E-state index in [1.807, 2.05) is 10.9 Å². The van der Waals surface area contributed by atoms with Gasteiger partial charge in [0.2, 0.25) is 0 Å². The average molecular weight is 418 g/mol. The molecule has 9 heteroatoms. The van der Waals surface area contributed by atoms with Gasteiger partial charge in [0.1, 0.15) is 22.7 Å². The molecule has 0 spiro atoms. The molecule has 1 aliphatic carbocycles. The topological polar surface area (TPSA) is 69.0 Å².